The Morgan fingerprint density at radius 1 is 1.70 bits per heavy atom. The molecule has 0 N–H and O–H groups in total. The zero-order valence-electron chi connectivity index (χ0n) is 5.37. The molecule has 4 heteroatoms. The summed E-state index contributed by atoms with van der Waals surface area (Å²) in [5, 5.41) is 2.87. The van der Waals surface area contributed by atoms with Gasteiger partial charge in [0.2, 0.25) is 0 Å². The Morgan fingerprint density at radius 3 is 2.80 bits per heavy atom. The van der Waals surface area contributed by atoms with Crippen LogP contribution in [0.1, 0.15) is 17.8 Å². The van der Waals surface area contributed by atoms with E-state index < -0.39 is 0 Å². The van der Waals surface area contributed by atoms with Crippen LogP contribution in [0, 0.1) is 4.91 Å². The highest BCUT2D eigenvalue weighted by Crippen LogP contribution is 2.28. The van der Waals surface area contributed by atoms with E-state index in [1.54, 1.807) is 13.0 Å². The van der Waals surface area contributed by atoms with Crippen molar-refractivity contribution in [2.45, 2.75) is 13.0 Å². The first-order valence-corrected chi connectivity index (χ1v) is 4.01. The van der Waals surface area contributed by atoms with Crippen LogP contribution >= 0.6 is 22.9 Å². The lowest BCUT2D eigenvalue weighted by Crippen LogP contribution is -1.79. The first-order chi connectivity index (χ1) is 4.74. The van der Waals surface area contributed by atoms with E-state index in [9.17, 15) is 4.91 Å². The highest BCUT2D eigenvalue weighted by Gasteiger charge is 2.06. The summed E-state index contributed by atoms with van der Waals surface area (Å²) in [6.45, 7) is 1.75. The van der Waals surface area contributed by atoms with Crippen molar-refractivity contribution in [3.63, 3.8) is 0 Å². The first-order valence-electron chi connectivity index (χ1n) is 2.81. The van der Waals surface area contributed by atoms with Crippen LogP contribution in [0.15, 0.2) is 17.3 Å². The van der Waals surface area contributed by atoms with E-state index in [0.29, 0.717) is 4.34 Å². The fourth-order valence-corrected chi connectivity index (χ4v) is 1.65. The van der Waals surface area contributed by atoms with E-state index in [2.05, 4.69) is 5.18 Å². The van der Waals surface area contributed by atoms with Crippen molar-refractivity contribution in [2.24, 2.45) is 5.18 Å². The minimum absolute atomic E-state index is 0.266. The summed E-state index contributed by atoms with van der Waals surface area (Å²) in [5.74, 6) is 0. The van der Waals surface area contributed by atoms with E-state index in [0.717, 1.165) is 4.88 Å². The molecule has 0 saturated heterocycles. The van der Waals surface area contributed by atoms with Gasteiger partial charge >= 0.3 is 0 Å². The van der Waals surface area contributed by atoms with Crippen molar-refractivity contribution in [2.75, 3.05) is 0 Å². The smallest absolute Gasteiger partial charge is 0.123 e. The van der Waals surface area contributed by atoms with E-state index >= 15 is 0 Å². The van der Waals surface area contributed by atoms with Crippen LogP contribution in [0.3, 0.4) is 0 Å². The Bertz CT molecular complexity index is 235. The van der Waals surface area contributed by atoms with Gasteiger partial charge in [0, 0.05) is 4.88 Å². The molecule has 0 aliphatic heterocycles. The van der Waals surface area contributed by atoms with Crippen LogP contribution in [0.25, 0.3) is 0 Å². The maximum atomic E-state index is 10.0. The van der Waals surface area contributed by atoms with Gasteiger partial charge in [-0.15, -0.1) is 11.3 Å². The second-order valence-electron chi connectivity index (χ2n) is 1.92. The molecule has 0 aliphatic carbocycles. The van der Waals surface area contributed by atoms with Gasteiger partial charge in [0.15, 0.2) is 0 Å². The van der Waals surface area contributed by atoms with E-state index in [1.807, 2.05) is 6.07 Å². The van der Waals surface area contributed by atoms with Crippen LogP contribution in [-0.2, 0) is 0 Å². The summed E-state index contributed by atoms with van der Waals surface area (Å²) in [6.07, 6.45) is 0. The average molecular weight is 176 g/mol. The molecule has 1 unspecified atom stereocenters. The molecule has 2 nitrogen and oxygen atoms in total. The third-order valence-electron chi connectivity index (χ3n) is 1.16. The largest absolute Gasteiger partial charge is 0.150 e. The predicted octanol–water partition coefficient (Wildman–Crippen LogP) is 3.23. The molecule has 0 aromatic carbocycles. The van der Waals surface area contributed by atoms with Gasteiger partial charge in [-0.2, -0.15) is 4.91 Å². The van der Waals surface area contributed by atoms with Gasteiger partial charge in [-0.25, -0.2) is 0 Å². The first kappa shape index (κ1) is 7.69. The fraction of sp³-hybridized carbons (Fsp3) is 0.333. The highest BCUT2D eigenvalue weighted by molar-refractivity contribution is 7.16. The van der Waals surface area contributed by atoms with Gasteiger partial charge in [0.25, 0.3) is 0 Å². The molecule has 0 spiro atoms. The van der Waals surface area contributed by atoms with Crippen LogP contribution in [0.2, 0.25) is 4.34 Å². The summed E-state index contributed by atoms with van der Waals surface area (Å²) < 4.78 is 0.700. The number of nitroso groups, excluding NO2 is 1. The normalized spacial score (nSPS) is 13.0. The lowest BCUT2D eigenvalue weighted by atomic mass is 10.3. The van der Waals surface area contributed by atoms with Crippen LogP contribution in [-0.4, -0.2) is 0 Å². The van der Waals surface area contributed by atoms with Crippen LogP contribution in [0.5, 0.6) is 0 Å². The van der Waals surface area contributed by atoms with Crippen LogP contribution in [0.4, 0.5) is 0 Å². The van der Waals surface area contributed by atoms with Crippen LogP contribution < -0.4 is 0 Å². The molecule has 1 aromatic rings. The van der Waals surface area contributed by atoms with Crippen molar-refractivity contribution >= 4 is 22.9 Å². The zero-order chi connectivity index (χ0) is 7.56. The molecule has 1 atom stereocenters. The Kier molecular flexibility index (Phi) is 2.40. The van der Waals surface area contributed by atoms with Gasteiger partial charge in [-0.1, -0.05) is 16.8 Å². The third-order valence-corrected chi connectivity index (χ3v) is 2.57. The van der Waals surface area contributed by atoms with E-state index in [4.69, 9.17) is 11.6 Å². The van der Waals surface area contributed by atoms with Crippen molar-refractivity contribution in [1.29, 1.82) is 0 Å². The van der Waals surface area contributed by atoms with Crippen molar-refractivity contribution < 1.29 is 0 Å². The van der Waals surface area contributed by atoms with Gasteiger partial charge in [0.1, 0.15) is 6.04 Å². The Hall–Kier alpha value is -0.410. The number of thiophene rings is 1. The number of rotatable bonds is 2. The number of hydrogen-bond donors (Lipinski definition) is 0. The van der Waals surface area contributed by atoms with Gasteiger partial charge in [-0.05, 0) is 19.1 Å². The Labute approximate surface area is 67.8 Å². The Balaban J connectivity index is 2.84. The molecule has 0 radical (unpaired) electrons. The maximum absolute atomic E-state index is 10.0. The summed E-state index contributed by atoms with van der Waals surface area (Å²) in [6, 6.07) is 3.32. The van der Waals surface area contributed by atoms with Gasteiger partial charge < -0.3 is 0 Å². The molecule has 0 amide bonds. The molecule has 1 heterocycles. The van der Waals surface area contributed by atoms with Gasteiger partial charge in [-0.3, -0.25) is 0 Å². The molecular weight excluding hydrogens is 170 g/mol. The molecule has 0 fully saturated rings. The minimum atomic E-state index is -0.266. The second-order valence-corrected chi connectivity index (χ2v) is 3.67. The quantitative estimate of drug-likeness (QED) is 0.635. The number of nitrogens with zero attached hydrogens (tertiary/aromatic N) is 1. The summed E-state index contributed by atoms with van der Waals surface area (Å²) in [5.41, 5.74) is 0. The molecule has 1 aromatic heterocycles. The molecule has 0 aliphatic rings. The lowest BCUT2D eigenvalue weighted by molar-refractivity contribution is 0.831. The summed E-state index contributed by atoms with van der Waals surface area (Å²) >= 11 is 7.03. The van der Waals surface area contributed by atoms with Crippen molar-refractivity contribution in [1.82, 2.24) is 0 Å². The number of hydrogen-bond acceptors (Lipinski definition) is 3. The highest BCUT2D eigenvalue weighted by atomic mass is 35.5. The molecule has 54 valence electrons. The maximum Gasteiger partial charge on any atom is 0.123 e. The molecule has 0 saturated carbocycles. The topological polar surface area (TPSA) is 29.4 Å². The molecule has 0 bridgehead atoms. The van der Waals surface area contributed by atoms with Crippen molar-refractivity contribution in [3.8, 4) is 0 Å². The summed E-state index contributed by atoms with van der Waals surface area (Å²) in [7, 11) is 0. The third kappa shape index (κ3) is 1.55. The SMILES string of the molecule is CC(N=O)c1ccc(Cl)s1. The molecule has 1 rings (SSSR count). The fourth-order valence-electron chi connectivity index (χ4n) is 0.605. The van der Waals surface area contributed by atoms with Gasteiger partial charge in [0.05, 0.1) is 4.34 Å². The second kappa shape index (κ2) is 3.12. The van der Waals surface area contributed by atoms with E-state index in [1.165, 1.54) is 11.3 Å². The minimum Gasteiger partial charge on any atom is -0.150 e. The summed E-state index contributed by atoms with van der Waals surface area (Å²) in [4.78, 5) is 10.9. The zero-order valence-corrected chi connectivity index (χ0v) is 6.95. The average Bonchev–Trinajstić information content (AvgIpc) is 2.34. The standard InChI is InChI=1S/C6H6ClNOS/c1-4(8-9)5-2-3-6(7)10-5/h2-4H,1H3. The predicted molar refractivity (Wildman–Crippen MR) is 43.5 cm³/mol. The Morgan fingerprint density at radius 2 is 2.40 bits per heavy atom. The van der Waals surface area contributed by atoms with Crippen molar-refractivity contribution in [3.05, 3.63) is 26.3 Å². The molecule has 10 heavy (non-hydrogen) atoms. The molecular formula is C6H6ClNOS. The lowest BCUT2D eigenvalue weighted by Gasteiger charge is -1.93. The number of halogens is 1. The van der Waals surface area contributed by atoms with E-state index in [-0.39, 0.29) is 6.04 Å². The monoisotopic (exact) mass is 175 g/mol.